The van der Waals surface area contributed by atoms with Crippen molar-refractivity contribution in [1.82, 2.24) is 0 Å². The van der Waals surface area contributed by atoms with Gasteiger partial charge in [0.1, 0.15) is 6.61 Å². The van der Waals surface area contributed by atoms with Crippen molar-refractivity contribution in [3.8, 4) is 0 Å². The van der Waals surface area contributed by atoms with Crippen LogP contribution in [0.2, 0.25) is 0 Å². The summed E-state index contributed by atoms with van der Waals surface area (Å²) in [4.78, 5) is 22.9. The van der Waals surface area contributed by atoms with E-state index in [-0.39, 0.29) is 24.8 Å². The van der Waals surface area contributed by atoms with Crippen LogP contribution in [0.15, 0.2) is 42.0 Å². The number of benzene rings is 1. The Bertz CT molecular complexity index is 487. The third-order valence-electron chi connectivity index (χ3n) is 2.99. The Labute approximate surface area is 132 Å². The van der Waals surface area contributed by atoms with Crippen LogP contribution in [-0.2, 0) is 25.5 Å². The Hall–Kier alpha value is -2.10. The number of carbonyl (C=O) groups excluding carboxylic acids is 2. The molecule has 1 aromatic rings. The molecule has 0 unspecified atom stereocenters. The topological polar surface area (TPSA) is 52.6 Å². The first-order chi connectivity index (χ1) is 10.6. The van der Waals surface area contributed by atoms with Gasteiger partial charge in [-0.2, -0.15) is 0 Å². The second kappa shape index (κ2) is 10.6. The quantitative estimate of drug-likeness (QED) is 0.518. The summed E-state index contributed by atoms with van der Waals surface area (Å²) in [5.74, 6) is -0.553. The minimum Gasteiger partial charge on any atom is -0.465 e. The minimum atomic E-state index is -0.283. The molecule has 0 atom stereocenters. The molecule has 0 aromatic heterocycles. The minimum absolute atomic E-state index is 0.240. The molecular formula is C18H24O4. The van der Waals surface area contributed by atoms with Crippen LogP contribution in [0, 0.1) is 0 Å². The van der Waals surface area contributed by atoms with E-state index in [1.54, 1.807) is 0 Å². The van der Waals surface area contributed by atoms with Crippen LogP contribution in [-0.4, -0.2) is 25.2 Å². The first kappa shape index (κ1) is 18.0. The van der Waals surface area contributed by atoms with Gasteiger partial charge in [0.2, 0.25) is 0 Å². The average molecular weight is 304 g/mol. The molecule has 0 aliphatic heterocycles. The third-order valence-corrected chi connectivity index (χ3v) is 2.99. The molecule has 22 heavy (non-hydrogen) atoms. The maximum Gasteiger partial charge on any atom is 0.306 e. The number of carbonyl (C=O) groups is 2. The summed E-state index contributed by atoms with van der Waals surface area (Å²) in [5.41, 5.74) is 2.24. The molecule has 1 aromatic carbocycles. The van der Waals surface area contributed by atoms with Gasteiger partial charge in [-0.15, -0.1) is 0 Å². The molecule has 0 fully saturated rings. The van der Waals surface area contributed by atoms with Gasteiger partial charge in [-0.1, -0.05) is 35.9 Å². The fraction of sp³-hybridized carbons (Fsp3) is 0.444. The number of allylic oxidation sites excluding steroid dienone is 1. The Balaban J connectivity index is 2.06. The Kier molecular flexibility index (Phi) is 8.65. The number of esters is 2. The predicted molar refractivity (Wildman–Crippen MR) is 85.3 cm³/mol. The van der Waals surface area contributed by atoms with Crippen molar-refractivity contribution in [2.45, 2.75) is 39.5 Å². The smallest absolute Gasteiger partial charge is 0.306 e. The summed E-state index contributed by atoms with van der Waals surface area (Å²) in [6, 6.07) is 9.86. The van der Waals surface area contributed by atoms with Crippen LogP contribution in [0.4, 0.5) is 0 Å². The number of ether oxygens (including phenoxy) is 2. The van der Waals surface area contributed by atoms with Gasteiger partial charge < -0.3 is 9.47 Å². The first-order valence-electron chi connectivity index (χ1n) is 7.56. The van der Waals surface area contributed by atoms with Crippen LogP contribution in [0.3, 0.4) is 0 Å². The predicted octanol–water partition coefficient (Wildman–Crippen LogP) is 3.45. The third kappa shape index (κ3) is 8.95. The molecule has 0 saturated carbocycles. The second-order valence-electron chi connectivity index (χ2n) is 5.27. The number of hydrogen-bond acceptors (Lipinski definition) is 4. The summed E-state index contributed by atoms with van der Waals surface area (Å²) in [7, 11) is 0. The van der Waals surface area contributed by atoms with Gasteiger partial charge in [-0.05, 0) is 31.9 Å². The molecule has 0 spiro atoms. The summed E-state index contributed by atoms with van der Waals surface area (Å²) in [6.45, 7) is 4.55. The molecule has 0 N–H and O–H groups in total. The normalized spacial score (nSPS) is 9.91. The highest BCUT2D eigenvalue weighted by molar-refractivity contribution is 5.72. The van der Waals surface area contributed by atoms with Crippen molar-refractivity contribution >= 4 is 11.9 Å². The van der Waals surface area contributed by atoms with E-state index in [9.17, 15) is 9.59 Å². The van der Waals surface area contributed by atoms with Crippen LogP contribution >= 0.6 is 0 Å². The fourth-order valence-electron chi connectivity index (χ4n) is 1.75. The van der Waals surface area contributed by atoms with E-state index in [1.807, 2.05) is 50.3 Å². The standard InChI is InChI=1S/C18H24O4/c1-15(2)11-13-21-17(19)9-6-10-18(20)22-14-12-16-7-4-3-5-8-16/h3-5,7-8,11H,6,9-10,12-14H2,1-2H3. The van der Waals surface area contributed by atoms with Crippen molar-refractivity contribution in [2.75, 3.05) is 13.2 Å². The Morgan fingerprint density at radius 1 is 1.00 bits per heavy atom. The molecular weight excluding hydrogens is 280 g/mol. The van der Waals surface area contributed by atoms with Crippen molar-refractivity contribution < 1.29 is 19.1 Å². The number of hydrogen-bond donors (Lipinski definition) is 0. The lowest BCUT2D eigenvalue weighted by Crippen LogP contribution is -2.09. The summed E-state index contributed by atoms with van der Waals surface area (Å²) < 4.78 is 10.1. The Morgan fingerprint density at radius 3 is 2.27 bits per heavy atom. The second-order valence-corrected chi connectivity index (χ2v) is 5.27. The van der Waals surface area contributed by atoms with Gasteiger partial charge >= 0.3 is 11.9 Å². The van der Waals surface area contributed by atoms with Gasteiger partial charge in [0.15, 0.2) is 0 Å². The molecule has 4 nitrogen and oxygen atoms in total. The molecule has 1 rings (SSSR count). The largest absolute Gasteiger partial charge is 0.465 e. The van der Waals surface area contributed by atoms with Crippen molar-refractivity contribution in [3.05, 3.63) is 47.5 Å². The van der Waals surface area contributed by atoms with Crippen molar-refractivity contribution in [1.29, 1.82) is 0 Å². The molecule has 0 aliphatic rings. The molecule has 0 bridgehead atoms. The van der Waals surface area contributed by atoms with Gasteiger partial charge in [0.25, 0.3) is 0 Å². The zero-order valence-electron chi connectivity index (χ0n) is 13.3. The van der Waals surface area contributed by atoms with Crippen molar-refractivity contribution in [2.24, 2.45) is 0 Å². The van der Waals surface area contributed by atoms with Crippen LogP contribution in [0.25, 0.3) is 0 Å². The van der Waals surface area contributed by atoms with Gasteiger partial charge in [-0.3, -0.25) is 9.59 Å². The van der Waals surface area contributed by atoms with E-state index in [2.05, 4.69) is 0 Å². The molecule has 0 aliphatic carbocycles. The zero-order valence-corrected chi connectivity index (χ0v) is 13.3. The Morgan fingerprint density at radius 2 is 1.64 bits per heavy atom. The monoisotopic (exact) mass is 304 g/mol. The summed E-state index contributed by atoms with van der Waals surface area (Å²) in [5, 5.41) is 0. The molecule has 120 valence electrons. The maximum absolute atomic E-state index is 11.5. The molecule has 0 saturated heterocycles. The highest BCUT2D eigenvalue weighted by Crippen LogP contribution is 2.03. The summed E-state index contributed by atoms with van der Waals surface area (Å²) in [6.07, 6.45) is 3.49. The number of rotatable bonds is 9. The van der Waals surface area contributed by atoms with Crippen molar-refractivity contribution in [3.63, 3.8) is 0 Å². The highest BCUT2D eigenvalue weighted by Gasteiger charge is 2.07. The molecule has 0 amide bonds. The van der Waals surface area contributed by atoms with E-state index in [1.165, 1.54) is 0 Å². The van der Waals surface area contributed by atoms with E-state index in [0.717, 1.165) is 11.1 Å². The van der Waals surface area contributed by atoms with E-state index >= 15 is 0 Å². The van der Waals surface area contributed by atoms with E-state index in [0.29, 0.717) is 26.1 Å². The lowest BCUT2D eigenvalue weighted by atomic mass is 10.2. The zero-order chi connectivity index (χ0) is 16.2. The SMILES string of the molecule is CC(C)=CCOC(=O)CCCC(=O)OCCc1ccccc1. The van der Waals surface area contributed by atoms with E-state index in [4.69, 9.17) is 9.47 Å². The van der Waals surface area contributed by atoms with Crippen LogP contribution < -0.4 is 0 Å². The molecule has 4 heteroatoms. The molecule has 0 heterocycles. The first-order valence-corrected chi connectivity index (χ1v) is 7.56. The summed E-state index contributed by atoms with van der Waals surface area (Å²) >= 11 is 0. The fourth-order valence-corrected chi connectivity index (χ4v) is 1.75. The lowest BCUT2D eigenvalue weighted by molar-refractivity contribution is -0.144. The van der Waals surface area contributed by atoms with E-state index < -0.39 is 0 Å². The molecule has 0 radical (unpaired) electrons. The maximum atomic E-state index is 11.5. The highest BCUT2D eigenvalue weighted by atomic mass is 16.5. The van der Waals surface area contributed by atoms with Gasteiger partial charge in [0, 0.05) is 19.3 Å². The van der Waals surface area contributed by atoms with Gasteiger partial charge in [0.05, 0.1) is 6.61 Å². The lowest BCUT2D eigenvalue weighted by Gasteiger charge is -2.05. The van der Waals surface area contributed by atoms with Gasteiger partial charge in [-0.25, -0.2) is 0 Å². The van der Waals surface area contributed by atoms with Crippen LogP contribution in [0.5, 0.6) is 0 Å². The average Bonchev–Trinajstić information content (AvgIpc) is 2.48. The van der Waals surface area contributed by atoms with Crippen LogP contribution in [0.1, 0.15) is 38.7 Å².